The third kappa shape index (κ3) is 5.30. The zero-order valence-electron chi connectivity index (χ0n) is 18.8. The molecule has 1 aromatic rings. The number of carbonyl (C=O) groups is 1. The second-order valence-electron chi connectivity index (χ2n) is 8.61. The number of allylic oxidation sites excluding steroid dienone is 4. The number of hydrogen-bond acceptors (Lipinski definition) is 5. The molecule has 1 aromatic carbocycles. The van der Waals surface area contributed by atoms with Crippen molar-refractivity contribution in [3.63, 3.8) is 0 Å². The van der Waals surface area contributed by atoms with Gasteiger partial charge in [-0.1, -0.05) is 31.6 Å². The maximum Gasteiger partial charge on any atom is 0.167 e. The van der Waals surface area contributed by atoms with Crippen LogP contribution in [-0.4, -0.2) is 5.78 Å². The molecule has 1 fully saturated rings. The first-order chi connectivity index (χ1) is 14.5. The smallest absolute Gasteiger partial charge is 0.167 e. The summed E-state index contributed by atoms with van der Waals surface area (Å²) in [6.07, 6.45) is 14.1. The summed E-state index contributed by atoms with van der Waals surface area (Å²) < 4.78 is 0. The van der Waals surface area contributed by atoms with Crippen LogP contribution in [-0.2, 0) is 24.1 Å². The van der Waals surface area contributed by atoms with E-state index in [0.29, 0.717) is 5.92 Å². The van der Waals surface area contributed by atoms with Gasteiger partial charge in [0.15, 0.2) is 5.78 Å². The predicted molar refractivity (Wildman–Crippen MR) is 131 cm³/mol. The number of rotatable bonds is 3. The minimum absolute atomic E-state index is 0.249. The molecule has 2 bridgehead atoms. The van der Waals surface area contributed by atoms with Gasteiger partial charge in [0, 0.05) is 22.9 Å². The van der Waals surface area contributed by atoms with Crippen molar-refractivity contribution >= 4 is 24.3 Å². The van der Waals surface area contributed by atoms with Crippen LogP contribution in [0.5, 0.6) is 0 Å². The first-order valence-electron chi connectivity index (χ1n) is 11.3. The highest BCUT2D eigenvalue weighted by Crippen LogP contribution is 2.39. The molecule has 4 nitrogen and oxygen atoms in total. The van der Waals surface area contributed by atoms with Gasteiger partial charge in [0.05, 0.1) is 0 Å². The fraction of sp³-hybridized carbons (Fsp3) is 0.560. The molecule has 5 heteroatoms. The van der Waals surface area contributed by atoms with E-state index in [9.17, 15) is 4.79 Å². The summed E-state index contributed by atoms with van der Waals surface area (Å²) >= 11 is 3.03. The summed E-state index contributed by atoms with van der Waals surface area (Å²) in [6, 6.07) is 2.35. The van der Waals surface area contributed by atoms with Gasteiger partial charge in [0.1, 0.15) is 0 Å². The van der Waals surface area contributed by atoms with E-state index in [1.165, 1.54) is 47.9 Å². The molecule has 0 atom stereocenters. The maximum atomic E-state index is 12.0. The van der Waals surface area contributed by atoms with Gasteiger partial charge >= 0.3 is 0 Å². The summed E-state index contributed by atoms with van der Waals surface area (Å²) in [7, 11) is 0. The van der Waals surface area contributed by atoms with Gasteiger partial charge in [-0.3, -0.25) is 9.93 Å². The first-order valence-corrected chi connectivity index (χ1v) is 11.8. The number of nitrogens with two attached hydrogens (primary N) is 3. The van der Waals surface area contributed by atoms with Gasteiger partial charge in [0.2, 0.25) is 0 Å². The Morgan fingerprint density at radius 3 is 2.33 bits per heavy atom. The molecule has 0 amide bonds. The van der Waals surface area contributed by atoms with Gasteiger partial charge in [-0.15, -0.1) is 12.8 Å². The lowest BCUT2D eigenvalue weighted by molar-refractivity contribution is -0.119. The monoisotopic (exact) mass is 429 g/mol. The number of carbonyl (C=O) groups excluding carboxylic acids is 1. The highest BCUT2D eigenvalue weighted by Gasteiger charge is 2.34. The van der Waals surface area contributed by atoms with Crippen LogP contribution in [0.2, 0.25) is 0 Å². The largest absolute Gasteiger partial charge is 0.401 e. The van der Waals surface area contributed by atoms with Gasteiger partial charge < -0.3 is 11.5 Å². The average Bonchev–Trinajstić information content (AvgIpc) is 3.17. The highest BCUT2D eigenvalue weighted by atomic mass is 32.1. The second-order valence-corrected chi connectivity index (χ2v) is 8.61. The molecule has 166 valence electrons. The van der Waals surface area contributed by atoms with Crippen molar-refractivity contribution < 1.29 is 4.79 Å². The third-order valence-electron chi connectivity index (χ3n) is 6.73. The van der Waals surface area contributed by atoms with Crippen molar-refractivity contribution in [1.82, 2.24) is 0 Å². The molecule has 4 aliphatic rings. The van der Waals surface area contributed by atoms with Crippen molar-refractivity contribution in [3.8, 4) is 0 Å². The lowest BCUT2D eigenvalue weighted by atomic mass is 9.83. The summed E-state index contributed by atoms with van der Waals surface area (Å²) in [5.41, 5.74) is 20.7. The lowest BCUT2D eigenvalue weighted by Gasteiger charge is -2.22. The molecule has 30 heavy (non-hydrogen) atoms. The quantitative estimate of drug-likeness (QED) is 0.403. The molecule has 0 aromatic heterocycles. The number of ketones is 1. The summed E-state index contributed by atoms with van der Waals surface area (Å²) in [5, 5.41) is 4.19. The highest BCUT2D eigenvalue weighted by molar-refractivity contribution is 7.77. The third-order valence-corrected chi connectivity index (χ3v) is 6.73. The van der Waals surface area contributed by atoms with Crippen LogP contribution in [0.25, 0.3) is 0 Å². The molecule has 0 unspecified atom stereocenters. The predicted octanol–water partition coefficient (Wildman–Crippen LogP) is 4.97. The Hall–Kier alpha value is -1.72. The lowest BCUT2D eigenvalue weighted by Crippen LogP contribution is -2.17. The van der Waals surface area contributed by atoms with E-state index in [-0.39, 0.29) is 11.7 Å². The fourth-order valence-electron chi connectivity index (χ4n) is 5.15. The topological polar surface area (TPSA) is 95.1 Å². The molecule has 0 radical (unpaired) electrons. The van der Waals surface area contributed by atoms with Crippen LogP contribution in [0.3, 0.4) is 0 Å². The Morgan fingerprint density at radius 2 is 1.73 bits per heavy atom. The van der Waals surface area contributed by atoms with E-state index in [1.807, 2.05) is 19.1 Å². The first kappa shape index (κ1) is 24.5. The van der Waals surface area contributed by atoms with Crippen LogP contribution in [0.15, 0.2) is 29.5 Å². The van der Waals surface area contributed by atoms with Gasteiger partial charge in [-0.25, -0.2) is 0 Å². The van der Waals surface area contributed by atoms with E-state index >= 15 is 0 Å². The number of Topliss-reactive ketones (excluding diaryl/α,β-unsaturated/α-hetero) is 1. The van der Waals surface area contributed by atoms with E-state index in [2.05, 4.69) is 37.9 Å². The van der Waals surface area contributed by atoms with E-state index in [1.54, 1.807) is 0 Å². The summed E-state index contributed by atoms with van der Waals surface area (Å²) in [4.78, 5) is 12.0. The van der Waals surface area contributed by atoms with Crippen molar-refractivity contribution in [2.45, 2.75) is 78.6 Å². The maximum absolute atomic E-state index is 12.0. The Balaban J connectivity index is 0.000000197. The van der Waals surface area contributed by atoms with Crippen LogP contribution >= 0.6 is 12.8 Å². The molecule has 0 heterocycles. The molecule has 0 saturated heterocycles. The van der Waals surface area contributed by atoms with Gasteiger partial charge in [-0.05, 0) is 93.4 Å². The SMILES string of the molecule is C/C=C/C1=C(N)C2CCC(CC2)C1=O.CCCc1c(C)cc2c(c1N)CCC2.NS. The Kier molecular flexibility index (Phi) is 9.50. The fourth-order valence-corrected chi connectivity index (χ4v) is 5.15. The normalized spacial score (nSPS) is 22.2. The molecule has 5 rings (SSSR count). The molecular formula is C25H39N3OS. The van der Waals surface area contributed by atoms with Crippen LogP contribution in [0.1, 0.15) is 74.6 Å². The van der Waals surface area contributed by atoms with Crippen molar-refractivity contribution in [3.05, 3.63) is 51.7 Å². The van der Waals surface area contributed by atoms with Gasteiger partial charge in [0.25, 0.3) is 0 Å². The Morgan fingerprint density at radius 1 is 1.10 bits per heavy atom. The second kappa shape index (κ2) is 11.6. The van der Waals surface area contributed by atoms with Crippen molar-refractivity contribution in [2.24, 2.45) is 22.7 Å². The van der Waals surface area contributed by atoms with Gasteiger partial charge in [-0.2, -0.15) is 0 Å². The number of aryl methyl sites for hydroxylation is 2. The number of fused-ring (bicyclic) bond motifs is 4. The molecule has 0 aliphatic heterocycles. The van der Waals surface area contributed by atoms with Crippen molar-refractivity contribution in [2.75, 3.05) is 5.73 Å². The van der Waals surface area contributed by atoms with E-state index < -0.39 is 0 Å². The number of hydrogen-bond donors (Lipinski definition) is 4. The summed E-state index contributed by atoms with van der Waals surface area (Å²) in [5.74, 6) is 0.989. The number of thiol groups is 1. The van der Waals surface area contributed by atoms with Crippen molar-refractivity contribution in [1.29, 1.82) is 0 Å². The zero-order valence-corrected chi connectivity index (χ0v) is 19.7. The molecule has 6 N–H and O–H groups in total. The molecule has 4 aliphatic carbocycles. The van der Waals surface area contributed by atoms with Crippen LogP contribution in [0.4, 0.5) is 5.69 Å². The summed E-state index contributed by atoms with van der Waals surface area (Å²) in [6.45, 7) is 6.34. The van der Waals surface area contributed by atoms with E-state index in [4.69, 9.17) is 11.5 Å². The van der Waals surface area contributed by atoms with Crippen LogP contribution in [0, 0.1) is 18.8 Å². The minimum atomic E-state index is 0.249. The van der Waals surface area contributed by atoms with Crippen LogP contribution < -0.4 is 16.6 Å². The number of nitrogen functional groups attached to an aromatic ring is 1. The minimum Gasteiger partial charge on any atom is -0.401 e. The molecular weight excluding hydrogens is 390 g/mol. The zero-order chi connectivity index (χ0) is 22.3. The standard InChI is InChI=1S/C13H19N.C12H17NO.H3NS/c1-3-5-11-9(2)8-10-6-4-7-12(10)13(11)14;1-2-3-10-11(13)8-4-6-9(7-5-8)12(10)14;1-2/h8H,3-7,14H2,1-2H3;2-3,8-9H,4-7,13H2,1H3;2H,1H2/b;3-2+;. The molecule has 1 saturated carbocycles. The number of benzene rings is 1. The van der Waals surface area contributed by atoms with E-state index in [0.717, 1.165) is 49.1 Å². The average molecular weight is 430 g/mol. The number of anilines is 1. The molecule has 0 spiro atoms. The Labute approximate surface area is 187 Å². The Bertz CT molecular complexity index is 805.